The van der Waals surface area contributed by atoms with Crippen LogP contribution in [0.3, 0.4) is 0 Å². The number of carbonyl (C=O) groups is 2. The zero-order valence-corrected chi connectivity index (χ0v) is 11.6. The third kappa shape index (κ3) is 3.63. The fourth-order valence-electron chi connectivity index (χ4n) is 1.95. The molecule has 0 aliphatic rings. The molecule has 0 saturated heterocycles. The number of rotatable bonds is 8. The molecule has 0 radical (unpaired) electrons. The van der Waals surface area contributed by atoms with Crippen molar-refractivity contribution in [2.75, 3.05) is 13.2 Å². The van der Waals surface area contributed by atoms with Crippen molar-refractivity contribution in [3.8, 4) is 11.5 Å². The first kappa shape index (κ1) is 15.8. The van der Waals surface area contributed by atoms with E-state index in [0.29, 0.717) is 31.5 Å². The molecule has 1 atom stereocenters. The van der Waals surface area contributed by atoms with Crippen LogP contribution in [0.2, 0.25) is 0 Å². The molecule has 1 rings (SSSR count). The van der Waals surface area contributed by atoms with Crippen LogP contribution in [-0.2, 0) is 9.59 Å². The smallest absolute Gasteiger partial charge is 0.331 e. The molecule has 1 amide bonds. The van der Waals surface area contributed by atoms with Crippen molar-refractivity contribution >= 4 is 12.4 Å². The molecule has 6 nitrogen and oxygen atoms in total. The molecule has 2 N–H and O–H groups in total. The number of phenolic OH excluding ortho intramolecular Hbond substituents is 1. The maximum atomic E-state index is 11.4. The normalized spacial score (nSPS) is 11.7. The summed E-state index contributed by atoms with van der Waals surface area (Å²) in [5.41, 5.74) is 0.388. The molecular formula is C14H19NO5. The molecule has 0 saturated carbocycles. The van der Waals surface area contributed by atoms with Crippen LogP contribution in [0.25, 0.3) is 0 Å². The molecule has 0 heterocycles. The maximum Gasteiger partial charge on any atom is 0.331 e. The largest absolute Gasteiger partial charge is 0.504 e. The van der Waals surface area contributed by atoms with Crippen molar-refractivity contribution in [1.82, 2.24) is 4.90 Å². The molecule has 1 unspecified atom stereocenters. The predicted molar refractivity (Wildman–Crippen MR) is 72.7 cm³/mol. The summed E-state index contributed by atoms with van der Waals surface area (Å²) in [6.45, 7) is 4.31. The molecule has 110 valence electrons. The zero-order valence-electron chi connectivity index (χ0n) is 11.6. The number of carboxylic acids is 1. The Hall–Kier alpha value is -2.24. The van der Waals surface area contributed by atoms with E-state index in [2.05, 4.69) is 0 Å². The quantitative estimate of drug-likeness (QED) is 0.709. The highest BCUT2D eigenvalue weighted by atomic mass is 16.5. The summed E-state index contributed by atoms with van der Waals surface area (Å²) in [6.07, 6.45) is 1.18. The van der Waals surface area contributed by atoms with Gasteiger partial charge in [-0.3, -0.25) is 4.79 Å². The summed E-state index contributed by atoms with van der Waals surface area (Å²) in [7, 11) is 0. The van der Waals surface area contributed by atoms with E-state index in [1.54, 1.807) is 6.92 Å². The first-order valence-corrected chi connectivity index (χ1v) is 6.44. The standard InChI is InChI=1S/C14H19NO5/c1-3-7-15(9-16)13(14(18)19)10-5-6-11(17)12(8-10)20-4-2/h5-6,8-9,13,17H,3-4,7H2,1-2H3,(H,18,19). The van der Waals surface area contributed by atoms with E-state index in [1.165, 1.54) is 23.1 Å². The van der Waals surface area contributed by atoms with Gasteiger partial charge in [0.05, 0.1) is 6.61 Å². The molecule has 0 bridgehead atoms. The van der Waals surface area contributed by atoms with Crippen LogP contribution in [0, 0.1) is 0 Å². The monoisotopic (exact) mass is 281 g/mol. The van der Waals surface area contributed by atoms with Gasteiger partial charge < -0.3 is 19.8 Å². The van der Waals surface area contributed by atoms with Gasteiger partial charge in [-0.25, -0.2) is 4.79 Å². The minimum atomic E-state index is -1.13. The summed E-state index contributed by atoms with van der Waals surface area (Å²) in [5, 5.41) is 19.0. The number of aliphatic carboxylic acids is 1. The van der Waals surface area contributed by atoms with Crippen LogP contribution in [-0.4, -0.2) is 40.6 Å². The van der Waals surface area contributed by atoms with Gasteiger partial charge in [-0.15, -0.1) is 0 Å². The maximum absolute atomic E-state index is 11.4. The van der Waals surface area contributed by atoms with Gasteiger partial charge in [-0.1, -0.05) is 13.0 Å². The van der Waals surface area contributed by atoms with E-state index in [4.69, 9.17) is 4.74 Å². The van der Waals surface area contributed by atoms with Gasteiger partial charge in [0.25, 0.3) is 0 Å². The van der Waals surface area contributed by atoms with Crippen molar-refractivity contribution in [1.29, 1.82) is 0 Å². The molecule has 0 fully saturated rings. The SMILES string of the molecule is CCCN(C=O)C(C(=O)O)c1ccc(O)c(OCC)c1. The lowest BCUT2D eigenvalue weighted by molar-refractivity contribution is -0.146. The molecular weight excluding hydrogens is 262 g/mol. The summed E-state index contributed by atoms with van der Waals surface area (Å²) < 4.78 is 5.23. The minimum absolute atomic E-state index is 0.0621. The van der Waals surface area contributed by atoms with Gasteiger partial charge >= 0.3 is 5.97 Å². The third-order valence-electron chi connectivity index (χ3n) is 2.78. The second kappa shape index (κ2) is 7.37. The van der Waals surface area contributed by atoms with Crippen LogP contribution in [0.4, 0.5) is 0 Å². The van der Waals surface area contributed by atoms with E-state index in [-0.39, 0.29) is 11.5 Å². The predicted octanol–water partition coefficient (Wildman–Crippen LogP) is 1.78. The van der Waals surface area contributed by atoms with Gasteiger partial charge in [-0.05, 0) is 31.0 Å². The Morgan fingerprint density at radius 1 is 1.45 bits per heavy atom. The number of carbonyl (C=O) groups excluding carboxylic acids is 1. The van der Waals surface area contributed by atoms with Crippen molar-refractivity contribution < 1.29 is 24.5 Å². The number of hydrogen-bond donors (Lipinski definition) is 2. The fraction of sp³-hybridized carbons (Fsp3) is 0.429. The van der Waals surface area contributed by atoms with E-state index >= 15 is 0 Å². The number of nitrogens with zero attached hydrogens (tertiary/aromatic N) is 1. The molecule has 6 heteroatoms. The molecule has 0 aromatic heterocycles. The topological polar surface area (TPSA) is 87.1 Å². The van der Waals surface area contributed by atoms with Crippen LogP contribution >= 0.6 is 0 Å². The fourth-order valence-corrected chi connectivity index (χ4v) is 1.95. The Morgan fingerprint density at radius 3 is 2.65 bits per heavy atom. The first-order valence-electron chi connectivity index (χ1n) is 6.44. The number of aromatic hydroxyl groups is 1. The van der Waals surface area contributed by atoms with Crippen LogP contribution in [0.15, 0.2) is 18.2 Å². The first-order chi connectivity index (χ1) is 9.54. The Balaban J connectivity index is 3.17. The van der Waals surface area contributed by atoms with Gasteiger partial charge in [-0.2, -0.15) is 0 Å². The Bertz CT molecular complexity index is 475. The molecule has 1 aromatic rings. The van der Waals surface area contributed by atoms with Gasteiger partial charge in [0.1, 0.15) is 0 Å². The molecule has 0 spiro atoms. The average Bonchev–Trinajstić information content (AvgIpc) is 2.41. The lowest BCUT2D eigenvalue weighted by atomic mass is 10.0. The van der Waals surface area contributed by atoms with E-state index < -0.39 is 12.0 Å². The van der Waals surface area contributed by atoms with Crippen LogP contribution in [0.1, 0.15) is 31.9 Å². The highest BCUT2D eigenvalue weighted by molar-refractivity contribution is 5.78. The van der Waals surface area contributed by atoms with E-state index in [0.717, 1.165) is 0 Å². The average molecular weight is 281 g/mol. The third-order valence-corrected chi connectivity index (χ3v) is 2.78. The summed E-state index contributed by atoms with van der Waals surface area (Å²) in [5.74, 6) is -0.981. The second-order valence-electron chi connectivity index (χ2n) is 4.24. The van der Waals surface area contributed by atoms with Gasteiger partial charge in [0.2, 0.25) is 6.41 Å². The number of benzene rings is 1. The highest BCUT2D eigenvalue weighted by Gasteiger charge is 2.26. The lowest BCUT2D eigenvalue weighted by Crippen LogP contribution is -2.33. The lowest BCUT2D eigenvalue weighted by Gasteiger charge is -2.25. The van der Waals surface area contributed by atoms with Crippen LogP contribution in [0.5, 0.6) is 11.5 Å². The molecule has 0 aliphatic heterocycles. The second-order valence-corrected chi connectivity index (χ2v) is 4.24. The summed E-state index contributed by atoms with van der Waals surface area (Å²) in [4.78, 5) is 23.7. The van der Waals surface area contributed by atoms with Gasteiger partial charge in [0.15, 0.2) is 17.5 Å². The Morgan fingerprint density at radius 2 is 2.15 bits per heavy atom. The van der Waals surface area contributed by atoms with Crippen molar-refractivity contribution in [3.05, 3.63) is 23.8 Å². The number of phenols is 1. The zero-order chi connectivity index (χ0) is 15.1. The van der Waals surface area contributed by atoms with Crippen molar-refractivity contribution in [2.24, 2.45) is 0 Å². The summed E-state index contributed by atoms with van der Waals surface area (Å²) >= 11 is 0. The number of carboxylic acid groups (broad SMARTS) is 1. The van der Waals surface area contributed by atoms with Gasteiger partial charge in [0, 0.05) is 6.54 Å². The van der Waals surface area contributed by atoms with E-state index in [9.17, 15) is 19.8 Å². The van der Waals surface area contributed by atoms with Crippen molar-refractivity contribution in [3.63, 3.8) is 0 Å². The number of hydrogen-bond acceptors (Lipinski definition) is 4. The van der Waals surface area contributed by atoms with E-state index in [1.807, 2.05) is 6.92 Å². The van der Waals surface area contributed by atoms with Crippen molar-refractivity contribution in [2.45, 2.75) is 26.3 Å². The number of amides is 1. The molecule has 0 aliphatic carbocycles. The Labute approximate surface area is 117 Å². The Kier molecular flexibility index (Phi) is 5.83. The summed E-state index contributed by atoms with van der Waals surface area (Å²) in [6, 6.07) is 3.20. The van der Waals surface area contributed by atoms with Crippen LogP contribution < -0.4 is 4.74 Å². The minimum Gasteiger partial charge on any atom is -0.504 e. The number of ether oxygens (including phenoxy) is 1. The molecule has 1 aromatic carbocycles. The highest BCUT2D eigenvalue weighted by Crippen LogP contribution is 2.31. The molecule has 20 heavy (non-hydrogen) atoms.